The number of carboxylic acids is 1. The first-order chi connectivity index (χ1) is 11.1. The topological polar surface area (TPSA) is 93.4 Å². The third-order valence-electron chi connectivity index (χ3n) is 2.71. The van der Waals surface area contributed by atoms with E-state index in [0.29, 0.717) is 6.07 Å². The molecule has 0 saturated carbocycles. The number of aromatic nitrogens is 2. The average molecular weight is 339 g/mol. The van der Waals surface area contributed by atoms with Crippen LogP contribution in [0.4, 0.5) is 19.4 Å². The fourth-order valence-electron chi connectivity index (χ4n) is 1.88. The van der Waals surface area contributed by atoms with Crippen molar-refractivity contribution in [1.82, 2.24) is 9.78 Å². The van der Waals surface area contributed by atoms with Gasteiger partial charge in [0.15, 0.2) is 5.82 Å². The molecule has 0 radical (unpaired) electrons. The largest absolute Gasteiger partial charge is 0.477 e. The maximum atomic E-state index is 13.4. The summed E-state index contributed by atoms with van der Waals surface area (Å²) < 4.78 is 32.7. The number of hydrogen-bond acceptors (Lipinski definition) is 4. The molecule has 9 heteroatoms. The van der Waals surface area contributed by atoms with Crippen molar-refractivity contribution in [2.75, 3.05) is 5.32 Å². The number of nitrogens with one attached hydrogen (secondary N) is 1. The first-order valence-electron chi connectivity index (χ1n) is 6.84. The Kier molecular flexibility index (Phi) is 4.54. The lowest BCUT2D eigenvalue weighted by atomic mass is 10.2. The molecule has 0 aliphatic heterocycles. The zero-order valence-corrected chi connectivity index (χ0v) is 13.1. The number of anilines is 1. The highest BCUT2D eigenvalue weighted by atomic mass is 19.1. The Labute approximate surface area is 135 Å². The second-order valence-electron chi connectivity index (χ2n) is 5.88. The monoisotopic (exact) mass is 339 g/mol. The molecular formula is C15H15F2N3O4. The minimum Gasteiger partial charge on any atom is -0.477 e. The van der Waals surface area contributed by atoms with Crippen LogP contribution in [0.25, 0.3) is 5.69 Å². The van der Waals surface area contributed by atoms with E-state index in [0.717, 1.165) is 23.0 Å². The molecule has 0 spiro atoms. The minimum absolute atomic E-state index is 0.0916. The molecular weight excluding hydrogens is 324 g/mol. The lowest BCUT2D eigenvalue weighted by molar-refractivity contribution is 0.0635. The Hall–Kier alpha value is -2.97. The zero-order valence-electron chi connectivity index (χ0n) is 13.1. The van der Waals surface area contributed by atoms with Gasteiger partial charge in [0.2, 0.25) is 0 Å². The van der Waals surface area contributed by atoms with Crippen molar-refractivity contribution < 1.29 is 28.2 Å². The maximum absolute atomic E-state index is 13.4. The number of amides is 1. The second kappa shape index (κ2) is 6.26. The number of rotatable bonds is 3. The number of hydrogen-bond donors (Lipinski definition) is 2. The Morgan fingerprint density at radius 2 is 1.79 bits per heavy atom. The molecule has 0 atom stereocenters. The molecule has 0 aliphatic rings. The number of carboxylic acid groups (broad SMARTS) is 1. The summed E-state index contributed by atoms with van der Waals surface area (Å²) in [5.41, 5.74) is -1.26. The molecule has 7 nitrogen and oxygen atoms in total. The number of ether oxygens (including phenoxy) is 1. The van der Waals surface area contributed by atoms with Crippen LogP contribution in [0.1, 0.15) is 31.1 Å². The number of aromatic carboxylic acids is 1. The molecule has 1 aromatic carbocycles. The molecule has 0 unspecified atom stereocenters. The van der Waals surface area contributed by atoms with Crippen LogP contribution in [0, 0.1) is 11.6 Å². The number of carbonyl (C=O) groups is 2. The van der Waals surface area contributed by atoms with Crippen LogP contribution in [0.15, 0.2) is 24.4 Å². The van der Waals surface area contributed by atoms with Gasteiger partial charge >= 0.3 is 12.1 Å². The van der Waals surface area contributed by atoms with Crippen LogP contribution in [0.2, 0.25) is 0 Å². The predicted octanol–water partition coefficient (Wildman–Crippen LogP) is 3.20. The number of benzene rings is 1. The Bertz CT molecular complexity index is 776. The minimum atomic E-state index is -1.37. The molecule has 0 fully saturated rings. The van der Waals surface area contributed by atoms with E-state index in [2.05, 4.69) is 10.4 Å². The van der Waals surface area contributed by atoms with Gasteiger partial charge in [-0.2, -0.15) is 5.10 Å². The van der Waals surface area contributed by atoms with Crippen LogP contribution < -0.4 is 5.32 Å². The van der Waals surface area contributed by atoms with Crippen molar-refractivity contribution in [2.24, 2.45) is 0 Å². The third-order valence-corrected chi connectivity index (χ3v) is 2.71. The van der Waals surface area contributed by atoms with Gasteiger partial charge < -0.3 is 9.84 Å². The van der Waals surface area contributed by atoms with E-state index in [1.807, 2.05) is 0 Å². The maximum Gasteiger partial charge on any atom is 0.413 e. The summed E-state index contributed by atoms with van der Waals surface area (Å²) in [5, 5.41) is 15.2. The molecule has 128 valence electrons. The van der Waals surface area contributed by atoms with E-state index >= 15 is 0 Å². The molecule has 1 amide bonds. The number of nitrogens with zero attached hydrogens (tertiary/aromatic N) is 2. The van der Waals surface area contributed by atoms with E-state index in [4.69, 9.17) is 4.74 Å². The predicted molar refractivity (Wildman–Crippen MR) is 80.3 cm³/mol. The first-order valence-corrected chi connectivity index (χ1v) is 6.84. The van der Waals surface area contributed by atoms with Gasteiger partial charge in [-0.3, -0.25) is 5.32 Å². The molecule has 2 N–H and O–H groups in total. The summed E-state index contributed by atoms with van der Waals surface area (Å²) in [7, 11) is 0. The lowest BCUT2D eigenvalue weighted by Gasteiger charge is -2.20. The Morgan fingerprint density at radius 1 is 1.21 bits per heavy atom. The zero-order chi connectivity index (χ0) is 18.1. The van der Waals surface area contributed by atoms with Gasteiger partial charge in [-0.25, -0.2) is 23.1 Å². The molecule has 1 heterocycles. The SMILES string of the molecule is CC(C)(C)OC(=O)Nc1c(C(=O)O)cnn1-c1cc(F)cc(F)c1. The van der Waals surface area contributed by atoms with Gasteiger partial charge in [-0.15, -0.1) is 0 Å². The van der Waals surface area contributed by atoms with Gasteiger partial charge in [-0.05, 0) is 32.9 Å². The molecule has 2 rings (SSSR count). The van der Waals surface area contributed by atoms with Crippen molar-refractivity contribution in [2.45, 2.75) is 26.4 Å². The van der Waals surface area contributed by atoms with Gasteiger partial charge in [0, 0.05) is 6.07 Å². The van der Waals surface area contributed by atoms with Gasteiger partial charge in [0.25, 0.3) is 0 Å². The lowest BCUT2D eigenvalue weighted by Crippen LogP contribution is -2.28. The highest BCUT2D eigenvalue weighted by molar-refractivity contribution is 5.97. The van der Waals surface area contributed by atoms with Crippen LogP contribution in [-0.2, 0) is 4.74 Å². The van der Waals surface area contributed by atoms with Crippen LogP contribution in [0.5, 0.6) is 0 Å². The molecule has 2 aromatic rings. The van der Waals surface area contributed by atoms with Gasteiger partial charge in [0.1, 0.15) is 22.8 Å². The normalized spacial score (nSPS) is 11.2. The second-order valence-corrected chi connectivity index (χ2v) is 5.88. The highest BCUT2D eigenvalue weighted by Gasteiger charge is 2.23. The van der Waals surface area contributed by atoms with Gasteiger partial charge in [0.05, 0.1) is 11.9 Å². The summed E-state index contributed by atoms with van der Waals surface area (Å²) in [6.07, 6.45) is 0.0290. The summed E-state index contributed by atoms with van der Waals surface area (Å²) in [6, 6.07) is 2.55. The quantitative estimate of drug-likeness (QED) is 0.896. The van der Waals surface area contributed by atoms with Gasteiger partial charge in [-0.1, -0.05) is 0 Å². The van der Waals surface area contributed by atoms with Crippen LogP contribution in [-0.4, -0.2) is 32.6 Å². The van der Waals surface area contributed by atoms with E-state index in [1.165, 1.54) is 0 Å². The van der Waals surface area contributed by atoms with E-state index in [1.54, 1.807) is 20.8 Å². The number of halogens is 2. The average Bonchev–Trinajstić information content (AvgIpc) is 2.78. The molecule has 0 saturated heterocycles. The summed E-state index contributed by atoms with van der Waals surface area (Å²) in [5.74, 6) is -3.40. The van der Waals surface area contributed by atoms with Crippen molar-refractivity contribution in [3.8, 4) is 5.69 Å². The summed E-state index contributed by atoms with van der Waals surface area (Å²) in [4.78, 5) is 23.2. The first kappa shape index (κ1) is 17.4. The fourth-order valence-corrected chi connectivity index (χ4v) is 1.88. The summed E-state index contributed by atoms with van der Waals surface area (Å²) >= 11 is 0. The molecule has 0 aliphatic carbocycles. The Morgan fingerprint density at radius 3 is 2.29 bits per heavy atom. The van der Waals surface area contributed by atoms with Crippen molar-refractivity contribution in [1.29, 1.82) is 0 Å². The van der Waals surface area contributed by atoms with Crippen molar-refractivity contribution in [3.63, 3.8) is 0 Å². The van der Waals surface area contributed by atoms with E-state index in [9.17, 15) is 23.5 Å². The molecule has 0 bridgehead atoms. The van der Waals surface area contributed by atoms with Crippen molar-refractivity contribution in [3.05, 3.63) is 41.6 Å². The van der Waals surface area contributed by atoms with E-state index < -0.39 is 29.3 Å². The van der Waals surface area contributed by atoms with Crippen LogP contribution in [0.3, 0.4) is 0 Å². The molecule has 1 aromatic heterocycles. The van der Waals surface area contributed by atoms with Crippen molar-refractivity contribution >= 4 is 17.9 Å². The number of carbonyl (C=O) groups excluding carboxylic acids is 1. The third kappa shape index (κ3) is 4.06. The fraction of sp³-hybridized carbons (Fsp3) is 0.267. The highest BCUT2D eigenvalue weighted by Crippen LogP contribution is 2.23. The summed E-state index contributed by atoms with van der Waals surface area (Å²) in [6.45, 7) is 4.89. The van der Waals surface area contributed by atoms with E-state index in [-0.39, 0.29) is 17.1 Å². The molecule has 24 heavy (non-hydrogen) atoms. The smallest absolute Gasteiger partial charge is 0.413 e. The van der Waals surface area contributed by atoms with Crippen LogP contribution >= 0.6 is 0 Å². The standard InChI is InChI=1S/C15H15F2N3O4/c1-15(2,3)24-14(23)19-12-11(13(21)22)7-18-20(12)10-5-8(16)4-9(17)6-10/h4-7H,1-3H3,(H,19,23)(H,21,22). The Balaban J connectivity index is 2.46.